The largest absolute Gasteiger partial charge is 0.327 e. The lowest BCUT2D eigenvalue weighted by atomic mass is 10.0. The first kappa shape index (κ1) is 15.2. The zero-order valence-corrected chi connectivity index (χ0v) is 12.1. The summed E-state index contributed by atoms with van der Waals surface area (Å²) < 4.78 is 1.97. The van der Waals surface area contributed by atoms with Crippen LogP contribution in [0.5, 0.6) is 0 Å². The van der Waals surface area contributed by atoms with E-state index in [-0.39, 0.29) is 0 Å². The highest BCUT2D eigenvalue weighted by Crippen LogP contribution is 2.10. The summed E-state index contributed by atoms with van der Waals surface area (Å²) in [6.07, 6.45) is 14.2. The SMILES string of the molecule is CCCCCCCCC(N)Cc1cnn(CC)c1. The Balaban J connectivity index is 2.08. The minimum Gasteiger partial charge on any atom is -0.327 e. The van der Waals surface area contributed by atoms with Gasteiger partial charge in [0, 0.05) is 18.8 Å². The molecule has 1 aromatic heterocycles. The molecule has 1 atom stereocenters. The Morgan fingerprint density at radius 2 is 1.89 bits per heavy atom. The maximum absolute atomic E-state index is 6.16. The number of aromatic nitrogens is 2. The van der Waals surface area contributed by atoms with Gasteiger partial charge in [0.25, 0.3) is 0 Å². The summed E-state index contributed by atoms with van der Waals surface area (Å²) in [5, 5.41) is 4.28. The quantitative estimate of drug-likeness (QED) is 0.647. The third-order valence-electron chi connectivity index (χ3n) is 3.44. The second-order valence-electron chi connectivity index (χ2n) is 5.22. The number of unbranched alkanes of at least 4 members (excludes halogenated alkanes) is 5. The van der Waals surface area contributed by atoms with E-state index in [2.05, 4.69) is 25.1 Å². The molecule has 0 aliphatic carbocycles. The average molecular weight is 251 g/mol. The van der Waals surface area contributed by atoms with Gasteiger partial charge in [0.15, 0.2) is 0 Å². The Morgan fingerprint density at radius 1 is 1.17 bits per heavy atom. The van der Waals surface area contributed by atoms with E-state index < -0.39 is 0 Å². The van der Waals surface area contributed by atoms with Crippen LogP contribution in [0.2, 0.25) is 0 Å². The van der Waals surface area contributed by atoms with Crippen molar-refractivity contribution in [3.05, 3.63) is 18.0 Å². The zero-order chi connectivity index (χ0) is 13.2. The molecule has 0 bridgehead atoms. The van der Waals surface area contributed by atoms with Crippen molar-refractivity contribution in [2.24, 2.45) is 5.73 Å². The second-order valence-corrected chi connectivity index (χ2v) is 5.22. The molecule has 1 unspecified atom stereocenters. The lowest BCUT2D eigenvalue weighted by molar-refractivity contribution is 0.532. The molecule has 0 aromatic carbocycles. The summed E-state index contributed by atoms with van der Waals surface area (Å²) >= 11 is 0. The Hall–Kier alpha value is -0.830. The standard InChI is InChI=1S/C15H29N3/c1-3-5-6-7-8-9-10-15(16)11-14-12-17-18(4-2)13-14/h12-13,15H,3-11,16H2,1-2H3. The van der Waals surface area contributed by atoms with Gasteiger partial charge < -0.3 is 5.73 Å². The highest BCUT2D eigenvalue weighted by Gasteiger charge is 2.05. The number of hydrogen-bond donors (Lipinski definition) is 1. The van der Waals surface area contributed by atoms with Gasteiger partial charge in [-0.1, -0.05) is 45.4 Å². The Labute approximate surface area is 112 Å². The summed E-state index contributed by atoms with van der Waals surface area (Å²) in [6, 6.07) is 0.297. The van der Waals surface area contributed by atoms with Gasteiger partial charge in [-0.15, -0.1) is 0 Å². The van der Waals surface area contributed by atoms with Crippen LogP contribution in [0.1, 0.15) is 64.4 Å². The first-order valence-electron chi connectivity index (χ1n) is 7.53. The molecule has 0 aliphatic heterocycles. The maximum Gasteiger partial charge on any atom is 0.0522 e. The van der Waals surface area contributed by atoms with Crippen LogP contribution in [0, 0.1) is 0 Å². The van der Waals surface area contributed by atoms with Gasteiger partial charge >= 0.3 is 0 Å². The molecule has 0 fully saturated rings. The van der Waals surface area contributed by atoms with Crippen LogP contribution >= 0.6 is 0 Å². The maximum atomic E-state index is 6.16. The van der Waals surface area contributed by atoms with Crippen molar-refractivity contribution in [1.82, 2.24) is 9.78 Å². The number of nitrogens with zero attached hydrogens (tertiary/aromatic N) is 2. The van der Waals surface area contributed by atoms with E-state index >= 15 is 0 Å². The number of hydrogen-bond acceptors (Lipinski definition) is 2. The van der Waals surface area contributed by atoms with E-state index in [0.29, 0.717) is 6.04 Å². The van der Waals surface area contributed by atoms with E-state index in [1.54, 1.807) is 0 Å². The topological polar surface area (TPSA) is 43.8 Å². The molecule has 0 spiro atoms. The van der Waals surface area contributed by atoms with Crippen molar-refractivity contribution >= 4 is 0 Å². The molecule has 18 heavy (non-hydrogen) atoms. The van der Waals surface area contributed by atoms with Crippen molar-refractivity contribution in [2.75, 3.05) is 0 Å². The van der Waals surface area contributed by atoms with Crippen LogP contribution in [0.4, 0.5) is 0 Å². The average Bonchev–Trinajstić information content (AvgIpc) is 2.81. The molecule has 1 rings (SSSR count). The molecule has 3 heteroatoms. The second kappa shape index (κ2) is 9.15. The zero-order valence-electron chi connectivity index (χ0n) is 12.1. The van der Waals surface area contributed by atoms with Gasteiger partial charge in [-0.2, -0.15) is 5.10 Å². The molecule has 1 heterocycles. The number of aryl methyl sites for hydroxylation is 1. The predicted octanol–water partition coefficient (Wildman–Crippen LogP) is 3.52. The summed E-state index contributed by atoms with van der Waals surface area (Å²) in [7, 11) is 0. The van der Waals surface area contributed by atoms with E-state index in [1.165, 1.54) is 44.1 Å². The van der Waals surface area contributed by atoms with Crippen LogP contribution in [0.15, 0.2) is 12.4 Å². The molecule has 0 saturated heterocycles. The Morgan fingerprint density at radius 3 is 2.56 bits per heavy atom. The van der Waals surface area contributed by atoms with Crippen LogP contribution in [0.25, 0.3) is 0 Å². The van der Waals surface area contributed by atoms with E-state index in [4.69, 9.17) is 5.73 Å². The van der Waals surface area contributed by atoms with Crippen LogP contribution in [-0.2, 0) is 13.0 Å². The van der Waals surface area contributed by atoms with Crippen molar-refractivity contribution in [2.45, 2.75) is 77.8 Å². The fraction of sp³-hybridized carbons (Fsp3) is 0.800. The Bertz CT molecular complexity index is 306. The summed E-state index contributed by atoms with van der Waals surface area (Å²) in [6.45, 7) is 5.30. The molecular formula is C15H29N3. The van der Waals surface area contributed by atoms with Crippen molar-refractivity contribution in [1.29, 1.82) is 0 Å². The molecule has 1 aromatic rings. The fourth-order valence-electron chi connectivity index (χ4n) is 2.28. The van der Waals surface area contributed by atoms with Crippen molar-refractivity contribution in [3.63, 3.8) is 0 Å². The highest BCUT2D eigenvalue weighted by molar-refractivity contribution is 5.05. The summed E-state index contributed by atoms with van der Waals surface area (Å²) in [4.78, 5) is 0. The minimum atomic E-state index is 0.297. The first-order chi connectivity index (χ1) is 8.76. The van der Waals surface area contributed by atoms with Gasteiger partial charge in [-0.25, -0.2) is 0 Å². The van der Waals surface area contributed by atoms with E-state index in [1.807, 2.05) is 10.9 Å². The summed E-state index contributed by atoms with van der Waals surface area (Å²) in [5.74, 6) is 0. The van der Waals surface area contributed by atoms with Gasteiger partial charge in [-0.05, 0) is 25.3 Å². The summed E-state index contributed by atoms with van der Waals surface area (Å²) in [5.41, 5.74) is 7.43. The lowest BCUT2D eigenvalue weighted by Crippen LogP contribution is -2.22. The van der Waals surface area contributed by atoms with E-state index in [9.17, 15) is 0 Å². The smallest absolute Gasteiger partial charge is 0.0522 e. The third-order valence-corrected chi connectivity index (χ3v) is 3.44. The van der Waals surface area contributed by atoms with Crippen molar-refractivity contribution < 1.29 is 0 Å². The van der Waals surface area contributed by atoms with Gasteiger partial charge in [0.1, 0.15) is 0 Å². The van der Waals surface area contributed by atoms with Crippen LogP contribution in [0.3, 0.4) is 0 Å². The molecule has 0 saturated carbocycles. The molecule has 0 radical (unpaired) electrons. The van der Waals surface area contributed by atoms with Crippen LogP contribution in [-0.4, -0.2) is 15.8 Å². The van der Waals surface area contributed by atoms with Gasteiger partial charge in [-0.3, -0.25) is 4.68 Å². The van der Waals surface area contributed by atoms with Gasteiger partial charge in [0.05, 0.1) is 6.20 Å². The number of rotatable bonds is 10. The third kappa shape index (κ3) is 6.20. The molecule has 2 N–H and O–H groups in total. The van der Waals surface area contributed by atoms with Crippen LogP contribution < -0.4 is 5.73 Å². The molecule has 0 aliphatic rings. The fourth-order valence-corrected chi connectivity index (χ4v) is 2.28. The molecule has 104 valence electrons. The van der Waals surface area contributed by atoms with Gasteiger partial charge in [0.2, 0.25) is 0 Å². The highest BCUT2D eigenvalue weighted by atomic mass is 15.3. The lowest BCUT2D eigenvalue weighted by Gasteiger charge is -2.09. The normalized spacial score (nSPS) is 12.8. The first-order valence-corrected chi connectivity index (χ1v) is 7.53. The minimum absolute atomic E-state index is 0.297. The predicted molar refractivity (Wildman–Crippen MR) is 77.6 cm³/mol. The number of nitrogens with two attached hydrogens (primary N) is 1. The molecule has 0 amide bonds. The molecule has 3 nitrogen and oxygen atoms in total. The van der Waals surface area contributed by atoms with Crippen molar-refractivity contribution in [3.8, 4) is 0 Å². The molecular weight excluding hydrogens is 222 g/mol. The monoisotopic (exact) mass is 251 g/mol. The Kier molecular flexibility index (Phi) is 7.74. The van der Waals surface area contributed by atoms with E-state index in [0.717, 1.165) is 19.4 Å².